The van der Waals surface area contributed by atoms with E-state index in [2.05, 4.69) is 20.9 Å². The SMILES string of the molecule is N=C(N)c1ccc(Oc2cc(F)c(Br)cc2[N+](=O)[O-])cn1. The van der Waals surface area contributed by atoms with E-state index in [0.717, 1.165) is 12.1 Å². The summed E-state index contributed by atoms with van der Waals surface area (Å²) in [6.45, 7) is 0. The van der Waals surface area contributed by atoms with Crippen molar-refractivity contribution in [1.82, 2.24) is 4.98 Å². The van der Waals surface area contributed by atoms with E-state index in [1.165, 1.54) is 18.3 Å². The lowest BCUT2D eigenvalue weighted by molar-refractivity contribution is -0.385. The van der Waals surface area contributed by atoms with Crippen molar-refractivity contribution in [3.05, 3.63) is 56.6 Å². The first kappa shape index (κ1) is 14.9. The molecule has 2 rings (SSSR count). The smallest absolute Gasteiger partial charge is 0.312 e. The van der Waals surface area contributed by atoms with E-state index in [1.54, 1.807) is 0 Å². The molecule has 0 unspecified atom stereocenters. The Hall–Kier alpha value is -2.55. The number of nitro groups is 1. The van der Waals surface area contributed by atoms with E-state index in [1.807, 2.05) is 0 Å². The number of rotatable bonds is 4. The zero-order valence-corrected chi connectivity index (χ0v) is 11.9. The normalized spacial score (nSPS) is 10.2. The molecule has 0 amide bonds. The lowest BCUT2D eigenvalue weighted by Gasteiger charge is -2.07. The van der Waals surface area contributed by atoms with Crippen LogP contribution in [-0.2, 0) is 0 Å². The monoisotopic (exact) mass is 354 g/mol. The minimum Gasteiger partial charge on any atom is -0.448 e. The van der Waals surface area contributed by atoms with Crippen LogP contribution < -0.4 is 10.5 Å². The van der Waals surface area contributed by atoms with Crippen molar-refractivity contribution in [2.24, 2.45) is 5.73 Å². The summed E-state index contributed by atoms with van der Waals surface area (Å²) in [6.07, 6.45) is 1.24. The maximum Gasteiger partial charge on any atom is 0.312 e. The van der Waals surface area contributed by atoms with E-state index < -0.39 is 10.7 Å². The van der Waals surface area contributed by atoms with Crippen LogP contribution in [0.15, 0.2) is 34.9 Å². The largest absolute Gasteiger partial charge is 0.448 e. The fourth-order valence-electron chi connectivity index (χ4n) is 1.47. The van der Waals surface area contributed by atoms with E-state index in [9.17, 15) is 14.5 Å². The summed E-state index contributed by atoms with van der Waals surface area (Å²) in [4.78, 5) is 14.1. The highest BCUT2D eigenvalue weighted by Crippen LogP contribution is 2.35. The first-order valence-corrected chi connectivity index (χ1v) is 6.29. The molecule has 0 bridgehead atoms. The Labute approximate surface area is 126 Å². The third-order valence-electron chi connectivity index (χ3n) is 2.44. The molecule has 0 radical (unpaired) electrons. The number of benzene rings is 1. The van der Waals surface area contributed by atoms with Crippen molar-refractivity contribution in [3.63, 3.8) is 0 Å². The van der Waals surface area contributed by atoms with Crippen LogP contribution in [0.1, 0.15) is 5.69 Å². The fourth-order valence-corrected chi connectivity index (χ4v) is 1.80. The van der Waals surface area contributed by atoms with E-state index in [-0.39, 0.29) is 33.2 Å². The van der Waals surface area contributed by atoms with Crippen molar-refractivity contribution in [1.29, 1.82) is 5.41 Å². The first-order chi connectivity index (χ1) is 9.88. The molecule has 0 spiro atoms. The van der Waals surface area contributed by atoms with Crippen molar-refractivity contribution in [3.8, 4) is 11.5 Å². The molecule has 1 aromatic heterocycles. The minimum atomic E-state index is -0.691. The number of nitrogen functional groups attached to an aromatic ring is 1. The van der Waals surface area contributed by atoms with Gasteiger partial charge in [0.2, 0.25) is 5.75 Å². The number of pyridine rings is 1. The van der Waals surface area contributed by atoms with Gasteiger partial charge in [0, 0.05) is 12.1 Å². The number of hydrogen-bond donors (Lipinski definition) is 2. The zero-order chi connectivity index (χ0) is 15.6. The Kier molecular flexibility index (Phi) is 4.13. The van der Waals surface area contributed by atoms with Gasteiger partial charge in [0.1, 0.15) is 23.1 Å². The molecule has 9 heteroatoms. The van der Waals surface area contributed by atoms with Gasteiger partial charge >= 0.3 is 5.69 Å². The van der Waals surface area contributed by atoms with E-state index in [0.29, 0.717) is 0 Å². The molecule has 3 N–H and O–H groups in total. The molecule has 0 saturated heterocycles. The summed E-state index contributed by atoms with van der Waals surface area (Å²) < 4.78 is 18.7. The highest BCUT2D eigenvalue weighted by molar-refractivity contribution is 9.10. The number of nitro benzene ring substituents is 1. The second-order valence-electron chi connectivity index (χ2n) is 3.89. The zero-order valence-electron chi connectivity index (χ0n) is 10.3. The molecule has 1 heterocycles. The molecular formula is C12H8BrFN4O3. The lowest BCUT2D eigenvalue weighted by atomic mass is 10.3. The van der Waals surface area contributed by atoms with Crippen LogP contribution in [-0.4, -0.2) is 15.7 Å². The molecule has 0 fully saturated rings. The van der Waals surface area contributed by atoms with Crippen LogP contribution >= 0.6 is 15.9 Å². The Morgan fingerprint density at radius 1 is 1.48 bits per heavy atom. The molecule has 21 heavy (non-hydrogen) atoms. The molecule has 0 aliphatic rings. The van der Waals surface area contributed by atoms with Gasteiger partial charge in [-0.2, -0.15) is 0 Å². The maximum atomic E-state index is 13.5. The molecule has 7 nitrogen and oxygen atoms in total. The van der Waals surface area contributed by atoms with Crippen molar-refractivity contribution in [2.45, 2.75) is 0 Å². The second kappa shape index (κ2) is 5.83. The van der Waals surface area contributed by atoms with Gasteiger partial charge in [0.15, 0.2) is 0 Å². The Morgan fingerprint density at radius 3 is 2.71 bits per heavy atom. The van der Waals surface area contributed by atoms with Crippen molar-refractivity contribution >= 4 is 27.5 Å². The molecule has 0 saturated carbocycles. The second-order valence-corrected chi connectivity index (χ2v) is 4.74. The number of amidine groups is 1. The number of ether oxygens (including phenoxy) is 1. The fraction of sp³-hybridized carbons (Fsp3) is 0. The van der Waals surface area contributed by atoms with Crippen LogP contribution in [0.4, 0.5) is 10.1 Å². The summed E-state index contributed by atoms with van der Waals surface area (Å²) in [5.41, 5.74) is 5.10. The Balaban J connectivity index is 2.36. The summed E-state index contributed by atoms with van der Waals surface area (Å²) in [5.74, 6) is -1.01. The summed E-state index contributed by atoms with van der Waals surface area (Å²) in [6, 6.07) is 4.76. The first-order valence-electron chi connectivity index (χ1n) is 5.50. The number of nitrogens with zero attached hydrogens (tertiary/aromatic N) is 2. The van der Waals surface area contributed by atoms with Gasteiger partial charge in [-0.05, 0) is 28.1 Å². The minimum absolute atomic E-state index is 0.0356. The van der Waals surface area contributed by atoms with Gasteiger partial charge in [-0.25, -0.2) is 9.37 Å². The lowest BCUT2D eigenvalue weighted by Crippen LogP contribution is -2.12. The third-order valence-corrected chi connectivity index (χ3v) is 3.05. The molecule has 0 aliphatic carbocycles. The predicted molar refractivity (Wildman–Crippen MR) is 76.1 cm³/mol. The van der Waals surface area contributed by atoms with Crippen molar-refractivity contribution < 1.29 is 14.1 Å². The number of nitrogens with two attached hydrogens (primary N) is 1. The van der Waals surface area contributed by atoms with Gasteiger partial charge in [-0.1, -0.05) is 0 Å². The highest BCUT2D eigenvalue weighted by Gasteiger charge is 2.19. The number of nitrogens with one attached hydrogen (secondary N) is 1. The highest BCUT2D eigenvalue weighted by atomic mass is 79.9. The summed E-state index contributed by atoms with van der Waals surface area (Å²) in [5, 5.41) is 18.1. The standard InChI is InChI=1S/C12H8BrFN4O3/c13-7-3-10(18(19)20)11(4-8(7)14)21-6-1-2-9(12(15)16)17-5-6/h1-5H,(H3,15,16). The molecule has 1 aromatic carbocycles. The van der Waals surface area contributed by atoms with Gasteiger partial charge in [0.25, 0.3) is 0 Å². The molecule has 0 aliphatic heterocycles. The van der Waals surface area contributed by atoms with Crippen LogP contribution in [0.2, 0.25) is 0 Å². The average Bonchev–Trinajstić information content (AvgIpc) is 2.43. The van der Waals surface area contributed by atoms with Crippen LogP contribution in [0.25, 0.3) is 0 Å². The molecular weight excluding hydrogens is 347 g/mol. The van der Waals surface area contributed by atoms with Gasteiger partial charge in [-0.15, -0.1) is 0 Å². The third kappa shape index (κ3) is 3.31. The van der Waals surface area contributed by atoms with E-state index >= 15 is 0 Å². The van der Waals surface area contributed by atoms with Crippen LogP contribution in [0, 0.1) is 21.3 Å². The molecule has 2 aromatic rings. The topological polar surface area (TPSA) is 115 Å². The maximum absolute atomic E-state index is 13.5. The van der Waals surface area contributed by atoms with Gasteiger partial charge < -0.3 is 10.5 Å². The summed E-state index contributed by atoms with van der Waals surface area (Å²) in [7, 11) is 0. The van der Waals surface area contributed by atoms with Crippen LogP contribution in [0.3, 0.4) is 0 Å². The Bertz CT molecular complexity index is 721. The van der Waals surface area contributed by atoms with Crippen LogP contribution in [0.5, 0.6) is 11.5 Å². The van der Waals surface area contributed by atoms with Gasteiger partial charge in [0.05, 0.1) is 15.6 Å². The van der Waals surface area contributed by atoms with E-state index in [4.69, 9.17) is 15.9 Å². The summed E-state index contributed by atoms with van der Waals surface area (Å²) >= 11 is 2.87. The number of halogens is 2. The van der Waals surface area contributed by atoms with Crippen molar-refractivity contribution in [2.75, 3.05) is 0 Å². The Morgan fingerprint density at radius 2 is 2.19 bits per heavy atom. The van der Waals surface area contributed by atoms with Gasteiger partial charge in [-0.3, -0.25) is 15.5 Å². The molecule has 0 atom stereocenters. The number of hydrogen-bond acceptors (Lipinski definition) is 5. The molecule has 108 valence electrons. The average molecular weight is 355 g/mol. The number of aromatic nitrogens is 1. The quantitative estimate of drug-likeness (QED) is 0.379. The predicted octanol–water partition coefficient (Wildman–Crippen LogP) is 2.97.